The maximum absolute atomic E-state index is 13.3. The van der Waals surface area contributed by atoms with Crippen LogP contribution in [0.25, 0.3) is 0 Å². The SMILES string of the molecule is CCc1cc(CC2CCN(c3ccc(C)cc3C(C)C)C2=O)ccc1N1CCCS1(=O)=O. The maximum Gasteiger partial charge on any atom is 0.235 e. The van der Waals surface area contributed by atoms with E-state index in [4.69, 9.17) is 0 Å². The van der Waals surface area contributed by atoms with Crippen molar-refractivity contribution >= 4 is 27.3 Å². The summed E-state index contributed by atoms with van der Waals surface area (Å²) >= 11 is 0. The minimum absolute atomic E-state index is 0.0395. The summed E-state index contributed by atoms with van der Waals surface area (Å²) < 4.78 is 26.3. The molecule has 0 saturated carbocycles. The van der Waals surface area contributed by atoms with Gasteiger partial charge in [0.2, 0.25) is 15.9 Å². The van der Waals surface area contributed by atoms with E-state index in [0.717, 1.165) is 41.9 Å². The number of benzene rings is 2. The zero-order valence-electron chi connectivity index (χ0n) is 19.6. The number of sulfonamides is 1. The minimum Gasteiger partial charge on any atom is -0.312 e. The van der Waals surface area contributed by atoms with Gasteiger partial charge in [-0.3, -0.25) is 9.10 Å². The molecule has 0 bridgehead atoms. The van der Waals surface area contributed by atoms with Crippen LogP contribution in [0.2, 0.25) is 0 Å². The quantitative estimate of drug-likeness (QED) is 0.629. The molecule has 2 aromatic carbocycles. The molecular weight excluding hydrogens is 420 g/mol. The van der Waals surface area contributed by atoms with Gasteiger partial charge in [-0.15, -0.1) is 0 Å². The van der Waals surface area contributed by atoms with Crippen LogP contribution in [-0.4, -0.2) is 33.2 Å². The minimum atomic E-state index is -3.20. The molecule has 2 aromatic rings. The average Bonchev–Trinajstić information content (AvgIpc) is 3.29. The van der Waals surface area contributed by atoms with Gasteiger partial charge in [0.05, 0.1) is 11.4 Å². The lowest BCUT2D eigenvalue weighted by Crippen LogP contribution is -2.29. The first-order valence-electron chi connectivity index (χ1n) is 11.8. The van der Waals surface area contributed by atoms with E-state index in [2.05, 4.69) is 52.0 Å². The third kappa shape index (κ3) is 4.29. The number of hydrogen-bond acceptors (Lipinski definition) is 3. The van der Waals surface area contributed by atoms with Gasteiger partial charge in [0.25, 0.3) is 0 Å². The highest BCUT2D eigenvalue weighted by molar-refractivity contribution is 7.93. The van der Waals surface area contributed by atoms with Crippen molar-refractivity contribution in [3.05, 3.63) is 58.7 Å². The van der Waals surface area contributed by atoms with Gasteiger partial charge in [0, 0.05) is 24.7 Å². The van der Waals surface area contributed by atoms with Crippen molar-refractivity contribution in [1.82, 2.24) is 0 Å². The van der Waals surface area contributed by atoms with E-state index in [1.165, 1.54) is 11.1 Å². The van der Waals surface area contributed by atoms with Gasteiger partial charge in [0.1, 0.15) is 0 Å². The molecule has 4 rings (SSSR count). The second kappa shape index (κ2) is 8.89. The molecule has 1 atom stereocenters. The van der Waals surface area contributed by atoms with Crippen LogP contribution in [0.4, 0.5) is 11.4 Å². The van der Waals surface area contributed by atoms with Crippen molar-refractivity contribution in [2.75, 3.05) is 28.0 Å². The first-order valence-corrected chi connectivity index (χ1v) is 13.4. The molecular formula is C26H34N2O3S. The fourth-order valence-electron chi connectivity index (χ4n) is 5.04. The Kier molecular flexibility index (Phi) is 6.35. The standard InChI is InChI=1S/C26H34N2O3S/c1-5-21-16-20(8-10-24(21)28-12-6-14-32(28,30)31)17-22-11-13-27(26(22)29)25-9-7-19(4)15-23(25)18(2)3/h7-10,15-16,18,22H,5-6,11-14,17H2,1-4H3. The van der Waals surface area contributed by atoms with Crippen LogP contribution < -0.4 is 9.21 Å². The van der Waals surface area contributed by atoms with Crippen LogP contribution in [0.1, 0.15) is 61.8 Å². The first kappa shape index (κ1) is 22.8. The lowest BCUT2D eigenvalue weighted by atomic mass is 9.95. The number of carbonyl (C=O) groups is 1. The van der Waals surface area contributed by atoms with Crippen molar-refractivity contribution in [2.24, 2.45) is 5.92 Å². The molecule has 2 aliphatic heterocycles. The number of carbonyl (C=O) groups excluding carboxylic acids is 1. The predicted molar refractivity (Wildman–Crippen MR) is 131 cm³/mol. The van der Waals surface area contributed by atoms with Gasteiger partial charge >= 0.3 is 0 Å². The summed E-state index contributed by atoms with van der Waals surface area (Å²) in [4.78, 5) is 15.3. The Hall–Kier alpha value is -2.34. The van der Waals surface area contributed by atoms with E-state index in [0.29, 0.717) is 25.3 Å². The highest BCUT2D eigenvalue weighted by atomic mass is 32.2. The van der Waals surface area contributed by atoms with Gasteiger partial charge in [-0.05, 0) is 67.3 Å². The third-order valence-electron chi connectivity index (χ3n) is 6.79. The largest absolute Gasteiger partial charge is 0.312 e. The molecule has 1 unspecified atom stereocenters. The van der Waals surface area contributed by atoms with Gasteiger partial charge in [-0.2, -0.15) is 0 Å². The Labute approximate surface area is 192 Å². The zero-order valence-corrected chi connectivity index (χ0v) is 20.4. The molecule has 2 aliphatic rings. The molecule has 0 radical (unpaired) electrons. The molecule has 2 saturated heterocycles. The fourth-order valence-corrected chi connectivity index (χ4v) is 6.64. The van der Waals surface area contributed by atoms with Gasteiger partial charge in [0.15, 0.2) is 0 Å². The molecule has 6 heteroatoms. The van der Waals surface area contributed by atoms with Gasteiger partial charge in [-0.25, -0.2) is 8.42 Å². The summed E-state index contributed by atoms with van der Waals surface area (Å²) in [5.74, 6) is 0.738. The van der Waals surface area contributed by atoms with Crippen molar-refractivity contribution in [3.8, 4) is 0 Å². The van der Waals surface area contributed by atoms with Crippen LogP contribution in [-0.2, 0) is 27.7 Å². The number of aryl methyl sites for hydroxylation is 2. The van der Waals surface area contributed by atoms with E-state index in [1.54, 1.807) is 4.31 Å². The second-order valence-corrected chi connectivity index (χ2v) is 11.5. The smallest absolute Gasteiger partial charge is 0.235 e. The van der Waals surface area contributed by atoms with Gasteiger partial charge < -0.3 is 4.90 Å². The van der Waals surface area contributed by atoms with Crippen LogP contribution in [0.5, 0.6) is 0 Å². The number of hydrogen-bond donors (Lipinski definition) is 0. The monoisotopic (exact) mass is 454 g/mol. The molecule has 0 aromatic heterocycles. The topological polar surface area (TPSA) is 57.7 Å². The first-order chi connectivity index (χ1) is 15.2. The second-order valence-electron chi connectivity index (χ2n) is 9.45. The lowest BCUT2D eigenvalue weighted by Gasteiger charge is -2.23. The Morgan fingerprint density at radius 3 is 2.47 bits per heavy atom. The average molecular weight is 455 g/mol. The third-order valence-corrected chi connectivity index (χ3v) is 8.64. The Balaban J connectivity index is 1.54. The van der Waals surface area contributed by atoms with Crippen molar-refractivity contribution in [1.29, 1.82) is 0 Å². The van der Waals surface area contributed by atoms with Crippen molar-refractivity contribution in [2.45, 2.75) is 59.3 Å². The normalized spacial score (nSPS) is 20.5. The Morgan fingerprint density at radius 1 is 1.06 bits per heavy atom. The highest BCUT2D eigenvalue weighted by Gasteiger charge is 2.34. The van der Waals surface area contributed by atoms with Crippen molar-refractivity contribution in [3.63, 3.8) is 0 Å². The lowest BCUT2D eigenvalue weighted by molar-refractivity contribution is -0.120. The van der Waals surface area contributed by atoms with Gasteiger partial charge in [-0.1, -0.05) is 50.6 Å². The van der Waals surface area contributed by atoms with E-state index < -0.39 is 10.0 Å². The Bertz CT molecular complexity index is 1120. The summed E-state index contributed by atoms with van der Waals surface area (Å²) in [5.41, 5.74) is 6.43. The predicted octanol–water partition coefficient (Wildman–Crippen LogP) is 4.82. The molecule has 172 valence electrons. The van der Waals surface area contributed by atoms with E-state index >= 15 is 0 Å². The number of anilines is 2. The van der Waals surface area contributed by atoms with E-state index in [9.17, 15) is 13.2 Å². The summed E-state index contributed by atoms with van der Waals surface area (Å²) in [6.07, 6.45) is 2.98. The van der Waals surface area contributed by atoms with Crippen LogP contribution in [0.3, 0.4) is 0 Å². The molecule has 32 heavy (non-hydrogen) atoms. The summed E-state index contributed by atoms with van der Waals surface area (Å²) in [6, 6.07) is 12.4. The summed E-state index contributed by atoms with van der Waals surface area (Å²) in [5, 5.41) is 0. The Morgan fingerprint density at radius 2 is 1.81 bits per heavy atom. The molecule has 0 aliphatic carbocycles. The van der Waals surface area contributed by atoms with Crippen LogP contribution in [0, 0.1) is 12.8 Å². The molecule has 2 fully saturated rings. The number of rotatable bonds is 6. The molecule has 0 spiro atoms. The van der Waals surface area contributed by atoms with Crippen LogP contribution in [0.15, 0.2) is 36.4 Å². The number of amides is 1. The molecule has 5 nitrogen and oxygen atoms in total. The molecule has 2 heterocycles. The molecule has 1 amide bonds. The highest BCUT2D eigenvalue weighted by Crippen LogP contribution is 2.35. The zero-order chi connectivity index (χ0) is 23.0. The van der Waals surface area contributed by atoms with Crippen molar-refractivity contribution < 1.29 is 13.2 Å². The molecule has 0 N–H and O–H groups in total. The summed E-state index contributed by atoms with van der Waals surface area (Å²) in [7, 11) is -3.20. The fraction of sp³-hybridized carbons (Fsp3) is 0.500. The van der Waals surface area contributed by atoms with E-state index in [-0.39, 0.29) is 17.6 Å². The van der Waals surface area contributed by atoms with E-state index in [1.807, 2.05) is 17.0 Å². The van der Waals surface area contributed by atoms with Crippen LogP contribution >= 0.6 is 0 Å². The maximum atomic E-state index is 13.3. The number of nitrogens with zero attached hydrogens (tertiary/aromatic N) is 2. The summed E-state index contributed by atoms with van der Waals surface area (Å²) in [6.45, 7) is 9.79.